The number of para-hydroxylation sites is 2. The number of hydrogen-bond donors (Lipinski definition) is 0. The quantitative estimate of drug-likeness (QED) is 0.170. The molecule has 2 aromatic heterocycles. The van der Waals surface area contributed by atoms with Gasteiger partial charge in [0.1, 0.15) is 0 Å². The fraction of sp³-hybridized carbons (Fsp3) is 0.0167. The third-order valence-electron chi connectivity index (χ3n) is 13.4. The first-order valence-corrected chi connectivity index (χ1v) is 21.4. The number of aromatic nitrogens is 2. The Bertz CT molecular complexity index is 3490. The van der Waals surface area contributed by atoms with Gasteiger partial charge < -0.3 is 4.57 Å². The van der Waals surface area contributed by atoms with Gasteiger partial charge in [-0.1, -0.05) is 164 Å². The van der Waals surface area contributed by atoms with Crippen molar-refractivity contribution in [3.63, 3.8) is 0 Å². The van der Waals surface area contributed by atoms with Gasteiger partial charge in [0.25, 0.3) is 0 Å². The summed E-state index contributed by atoms with van der Waals surface area (Å²) in [7, 11) is 0. The predicted octanol–water partition coefficient (Wildman–Crippen LogP) is 15.2. The number of fused-ring (bicyclic) bond motifs is 14. The summed E-state index contributed by atoms with van der Waals surface area (Å²) in [5.41, 5.74) is 22.6. The number of hydrogen-bond acceptors (Lipinski definition) is 1. The van der Waals surface area contributed by atoms with E-state index in [0.29, 0.717) is 0 Å². The summed E-state index contributed by atoms with van der Waals surface area (Å²) in [5.74, 6) is 0. The SMILES string of the molecule is c1ccc(-c2cc(-c3ccccc3)cc(-c3ccc4c(c3)C3(c5cc(-c6ccccn6)ccc5-4)c4ccccc4-c4c3ccc3c5ccccc5n(-c5ccccc5)c43)c2)cc1. The van der Waals surface area contributed by atoms with E-state index in [1.807, 2.05) is 12.3 Å². The minimum atomic E-state index is -0.594. The van der Waals surface area contributed by atoms with Gasteiger partial charge in [0.05, 0.1) is 22.1 Å². The smallest absolute Gasteiger partial charge is 0.0726 e. The highest BCUT2D eigenvalue weighted by Gasteiger charge is 2.52. The highest BCUT2D eigenvalue weighted by Crippen LogP contribution is 2.65. The molecule has 288 valence electrons. The van der Waals surface area contributed by atoms with Gasteiger partial charge in [-0.2, -0.15) is 0 Å². The molecule has 0 N–H and O–H groups in total. The van der Waals surface area contributed by atoms with Crippen molar-refractivity contribution < 1.29 is 0 Å². The van der Waals surface area contributed by atoms with Crippen molar-refractivity contribution in [1.82, 2.24) is 9.55 Å². The Balaban J connectivity index is 1.14. The molecule has 0 amide bonds. The largest absolute Gasteiger partial charge is 0.309 e. The first kappa shape index (κ1) is 34.8. The second kappa shape index (κ2) is 13.5. The number of benzene rings is 9. The molecule has 2 aliphatic carbocycles. The Hall–Kier alpha value is -8.07. The normalized spacial score (nSPS) is 14.5. The molecule has 9 aromatic carbocycles. The zero-order valence-corrected chi connectivity index (χ0v) is 33.8. The summed E-state index contributed by atoms with van der Waals surface area (Å²) in [6.07, 6.45) is 1.89. The monoisotopic (exact) mass is 786 g/mol. The summed E-state index contributed by atoms with van der Waals surface area (Å²) < 4.78 is 2.50. The molecule has 0 radical (unpaired) electrons. The highest BCUT2D eigenvalue weighted by molar-refractivity contribution is 6.16. The first-order chi connectivity index (χ1) is 30.8. The fourth-order valence-electron chi connectivity index (χ4n) is 10.8. The van der Waals surface area contributed by atoms with Crippen molar-refractivity contribution in [3.8, 4) is 72.6 Å². The van der Waals surface area contributed by atoms with Crippen molar-refractivity contribution >= 4 is 21.8 Å². The number of rotatable bonds is 5. The molecule has 0 saturated carbocycles. The van der Waals surface area contributed by atoms with Crippen LogP contribution in [0.3, 0.4) is 0 Å². The zero-order valence-electron chi connectivity index (χ0n) is 33.8. The van der Waals surface area contributed by atoms with Gasteiger partial charge in [-0.05, 0) is 133 Å². The number of pyridine rings is 1. The van der Waals surface area contributed by atoms with Crippen LogP contribution in [-0.4, -0.2) is 9.55 Å². The van der Waals surface area contributed by atoms with E-state index in [-0.39, 0.29) is 0 Å². The maximum Gasteiger partial charge on any atom is 0.0726 e. The van der Waals surface area contributed by atoms with Gasteiger partial charge >= 0.3 is 0 Å². The van der Waals surface area contributed by atoms with E-state index in [1.165, 1.54) is 99.7 Å². The molecule has 1 unspecified atom stereocenters. The van der Waals surface area contributed by atoms with Gasteiger partial charge in [0, 0.05) is 33.8 Å². The zero-order chi connectivity index (χ0) is 40.8. The average Bonchev–Trinajstić information content (AvgIpc) is 3.96. The van der Waals surface area contributed by atoms with Crippen molar-refractivity contribution in [2.45, 2.75) is 5.41 Å². The molecule has 1 atom stereocenters. The van der Waals surface area contributed by atoms with Crippen LogP contribution in [0.4, 0.5) is 0 Å². The lowest BCUT2D eigenvalue weighted by Gasteiger charge is -2.31. The van der Waals surface area contributed by atoms with Crippen LogP contribution in [0, 0.1) is 0 Å². The van der Waals surface area contributed by atoms with Gasteiger partial charge in [0.2, 0.25) is 0 Å². The van der Waals surface area contributed by atoms with Crippen molar-refractivity contribution in [1.29, 1.82) is 0 Å². The molecule has 0 bridgehead atoms. The van der Waals surface area contributed by atoms with E-state index in [9.17, 15) is 0 Å². The third kappa shape index (κ3) is 4.95. The second-order valence-electron chi connectivity index (χ2n) is 16.6. The van der Waals surface area contributed by atoms with E-state index in [2.05, 4.69) is 223 Å². The maximum atomic E-state index is 4.85. The molecule has 1 spiro atoms. The fourth-order valence-corrected chi connectivity index (χ4v) is 10.8. The molecule has 2 heteroatoms. The van der Waals surface area contributed by atoms with E-state index in [4.69, 9.17) is 4.98 Å². The Kier molecular flexibility index (Phi) is 7.55. The molecule has 2 heterocycles. The van der Waals surface area contributed by atoms with Crippen LogP contribution in [0.15, 0.2) is 231 Å². The molecule has 13 rings (SSSR count). The molecule has 0 fully saturated rings. The standard InChI is InChI=1S/C60H38N2/c1-4-16-39(17-5-1)43-34-44(40-18-6-2-7-19-40)36-45(35-43)41-27-29-47-48-30-28-42(56-25-14-15-33-61-56)38-55(48)60(54(47)37-41)52-24-12-10-23-51(52)58-53(60)32-31-50-49-22-11-13-26-57(49)62(59(50)58)46-20-8-3-9-21-46/h1-38H. The summed E-state index contributed by atoms with van der Waals surface area (Å²) >= 11 is 0. The molecule has 2 aliphatic rings. The maximum absolute atomic E-state index is 4.85. The molecular formula is C60H38N2. The predicted molar refractivity (Wildman–Crippen MR) is 257 cm³/mol. The Labute approximate surface area is 360 Å². The Morgan fingerprint density at radius 3 is 1.61 bits per heavy atom. The van der Waals surface area contributed by atoms with Crippen LogP contribution in [-0.2, 0) is 5.41 Å². The minimum absolute atomic E-state index is 0.594. The van der Waals surface area contributed by atoms with Crippen LogP contribution in [0.25, 0.3) is 94.4 Å². The highest BCUT2D eigenvalue weighted by atomic mass is 15.0. The Morgan fingerprint density at radius 1 is 0.339 bits per heavy atom. The van der Waals surface area contributed by atoms with E-state index in [0.717, 1.165) is 16.9 Å². The molecule has 62 heavy (non-hydrogen) atoms. The first-order valence-electron chi connectivity index (χ1n) is 21.4. The lowest BCUT2D eigenvalue weighted by atomic mass is 9.70. The van der Waals surface area contributed by atoms with Crippen LogP contribution in [0.5, 0.6) is 0 Å². The van der Waals surface area contributed by atoms with Gasteiger partial charge in [-0.25, -0.2) is 0 Å². The van der Waals surface area contributed by atoms with Crippen LogP contribution >= 0.6 is 0 Å². The molecule has 11 aromatic rings. The third-order valence-corrected chi connectivity index (χ3v) is 13.4. The summed E-state index contributed by atoms with van der Waals surface area (Å²) in [6.45, 7) is 0. The van der Waals surface area contributed by atoms with Crippen molar-refractivity contribution in [3.05, 3.63) is 253 Å². The van der Waals surface area contributed by atoms with Gasteiger partial charge in [0.15, 0.2) is 0 Å². The molecular weight excluding hydrogens is 749 g/mol. The van der Waals surface area contributed by atoms with Gasteiger partial charge in [-0.15, -0.1) is 0 Å². The van der Waals surface area contributed by atoms with Crippen LogP contribution < -0.4 is 0 Å². The van der Waals surface area contributed by atoms with E-state index in [1.54, 1.807) is 0 Å². The summed E-state index contributed by atoms with van der Waals surface area (Å²) in [4.78, 5) is 4.85. The topological polar surface area (TPSA) is 17.8 Å². The van der Waals surface area contributed by atoms with Crippen molar-refractivity contribution in [2.24, 2.45) is 0 Å². The summed E-state index contributed by atoms with van der Waals surface area (Å²) in [5, 5.41) is 2.52. The average molecular weight is 787 g/mol. The van der Waals surface area contributed by atoms with Gasteiger partial charge in [-0.3, -0.25) is 4.98 Å². The van der Waals surface area contributed by atoms with E-state index >= 15 is 0 Å². The van der Waals surface area contributed by atoms with Crippen LogP contribution in [0.2, 0.25) is 0 Å². The van der Waals surface area contributed by atoms with Crippen molar-refractivity contribution in [2.75, 3.05) is 0 Å². The molecule has 2 nitrogen and oxygen atoms in total. The van der Waals surface area contributed by atoms with E-state index < -0.39 is 5.41 Å². The Morgan fingerprint density at radius 2 is 0.919 bits per heavy atom. The molecule has 0 aliphatic heterocycles. The lowest BCUT2D eigenvalue weighted by Crippen LogP contribution is -2.26. The van der Waals surface area contributed by atoms with Crippen LogP contribution in [0.1, 0.15) is 22.3 Å². The minimum Gasteiger partial charge on any atom is -0.309 e. The summed E-state index contributed by atoms with van der Waals surface area (Å²) in [6, 6.07) is 82.9. The number of nitrogens with zero attached hydrogens (tertiary/aromatic N) is 2. The second-order valence-corrected chi connectivity index (χ2v) is 16.6. The molecule has 0 saturated heterocycles. The lowest BCUT2D eigenvalue weighted by molar-refractivity contribution is 0.795.